The number of aromatic nitrogens is 3. The monoisotopic (exact) mass is 456 g/mol. The highest BCUT2D eigenvalue weighted by molar-refractivity contribution is 6.05. The van der Waals surface area contributed by atoms with Gasteiger partial charge in [0.1, 0.15) is 5.75 Å². The van der Waals surface area contributed by atoms with Crippen molar-refractivity contribution < 1.29 is 19.1 Å². The van der Waals surface area contributed by atoms with Gasteiger partial charge in [-0.2, -0.15) is 5.10 Å². The van der Waals surface area contributed by atoms with E-state index in [2.05, 4.69) is 17.0 Å². The van der Waals surface area contributed by atoms with Gasteiger partial charge in [-0.25, -0.2) is 14.5 Å². The van der Waals surface area contributed by atoms with Gasteiger partial charge in [-0.05, 0) is 49.4 Å². The van der Waals surface area contributed by atoms with Gasteiger partial charge >= 0.3 is 5.97 Å². The van der Waals surface area contributed by atoms with Crippen molar-refractivity contribution in [3.63, 3.8) is 0 Å². The SMILES string of the molecule is C=CCNC(=O)COC(=O)c1cc(-c2ccc(OC)cc2)nc2c1c(C)nn2-c1ccccc1. The Labute approximate surface area is 196 Å². The number of carbonyl (C=O) groups excluding carboxylic acids is 2. The van der Waals surface area contributed by atoms with Gasteiger partial charge < -0.3 is 14.8 Å². The average Bonchev–Trinajstić information content (AvgIpc) is 3.22. The number of ether oxygens (including phenoxy) is 2. The molecule has 4 aromatic rings. The number of amides is 1. The normalized spacial score (nSPS) is 10.6. The molecule has 0 saturated carbocycles. The van der Waals surface area contributed by atoms with Crippen molar-refractivity contribution >= 4 is 22.9 Å². The minimum absolute atomic E-state index is 0.284. The molecule has 34 heavy (non-hydrogen) atoms. The molecular weight excluding hydrogens is 432 g/mol. The largest absolute Gasteiger partial charge is 0.497 e. The molecule has 172 valence electrons. The Morgan fingerprint density at radius 2 is 1.85 bits per heavy atom. The van der Waals surface area contributed by atoms with Gasteiger partial charge in [0.25, 0.3) is 5.91 Å². The maximum absolute atomic E-state index is 13.1. The summed E-state index contributed by atoms with van der Waals surface area (Å²) in [5.41, 5.74) is 3.58. The summed E-state index contributed by atoms with van der Waals surface area (Å²) < 4.78 is 12.3. The number of pyridine rings is 1. The highest BCUT2D eigenvalue weighted by Crippen LogP contribution is 2.30. The molecule has 4 rings (SSSR count). The first-order chi connectivity index (χ1) is 16.5. The van der Waals surface area contributed by atoms with E-state index in [0.717, 1.165) is 11.3 Å². The zero-order valence-corrected chi connectivity index (χ0v) is 18.9. The highest BCUT2D eigenvalue weighted by atomic mass is 16.5. The van der Waals surface area contributed by atoms with Crippen molar-refractivity contribution in [1.82, 2.24) is 20.1 Å². The fourth-order valence-corrected chi connectivity index (χ4v) is 3.55. The molecule has 0 atom stereocenters. The number of carbonyl (C=O) groups is 2. The van der Waals surface area contributed by atoms with Gasteiger partial charge in [0.05, 0.1) is 35.1 Å². The molecule has 2 aromatic heterocycles. The van der Waals surface area contributed by atoms with Crippen LogP contribution in [0.25, 0.3) is 28.0 Å². The number of hydrogen-bond acceptors (Lipinski definition) is 6. The maximum Gasteiger partial charge on any atom is 0.339 e. The predicted octanol–water partition coefficient (Wildman–Crippen LogP) is 3.86. The van der Waals surface area contributed by atoms with Gasteiger partial charge in [0.2, 0.25) is 0 Å². The Morgan fingerprint density at radius 1 is 1.12 bits per heavy atom. The lowest BCUT2D eigenvalue weighted by molar-refractivity contribution is -0.124. The standard InChI is InChI=1S/C26H24N4O4/c1-4-14-27-23(31)16-34-26(32)21-15-22(18-10-12-20(33-3)13-11-18)28-25-24(21)17(2)29-30(25)19-8-6-5-7-9-19/h4-13,15H,1,14,16H2,2-3H3,(H,27,31). The highest BCUT2D eigenvalue weighted by Gasteiger charge is 2.22. The smallest absolute Gasteiger partial charge is 0.339 e. The van der Waals surface area contributed by atoms with Crippen LogP contribution >= 0.6 is 0 Å². The molecule has 0 aliphatic heterocycles. The summed E-state index contributed by atoms with van der Waals surface area (Å²) in [7, 11) is 1.60. The minimum Gasteiger partial charge on any atom is -0.497 e. The fourth-order valence-electron chi connectivity index (χ4n) is 3.55. The van der Waals surface area contributed by atoms with Crippen molar-refractivity contribution in [3.05, 3.63) is 84.6 Å². The molecule has 0 saturated heterocycles. The van der Waals surface area contributed by atoms with E-state index >= 15 is 0 Å². The molecule has 2 aromatic carbocycles. The van der Waals surface area contributed by atoms with E-state index in [1.807, 2.05) is 61.5 Å². The number of rotatable bonds is 8. The number of benzene rings is 2. The van der Waals surface area contributed by atoms with Gasteiger partial charge in [-0.3, -0.25) is 4.79 Å². The summed E-state index contributed by atoms with van der Waals surface area (Å²) in [6.45, 7) is 5.25. The molecule has 1 N–H and O–H groups in total. The molecular formula is C26H24N4O4. The topological polar surface area (TPSA) is 95.3 Å². The average molecular weight is 457 g/mol. The van der Waals surface area contributed by atoms with Gasteiger partial charge in [-0.1, -0.05) is 24.3 Å². The zero-order chi connectivity index (χ0) is 24.1. The van der Waals surface area contributed by atoms with E-state index in [9.17, 15) is 9.59 Å². The second-order valence-corrected chi connectivity index (χ2v) is 7.48. The number of fused-ring (bicyclic) bond motifs is 1. The molecule has 8 nitrogen and oxygen atoms in total. The Morgan fingerprint density at radius 3 is 2.53 bits per heavy atom. The van der Waals surface area contributed by atoms with Crippen molar-refractivity contribution in [2.24, 2.45) is 0 Å². The molecule has 0 fully saturated rings. The first-order valence-corrected chi connectivity index (χ1v) is 10.7. The number of esters is 1. The summed E-state index contributed by atoms with van der Waals surface area (Å²) in [6, 6.07) is 18.6. The maximum atomic E-state index is 13.1. The van der Waals surface area contributed by atoms with E-state index in [1.165, 1.54) is 0 Å². The summed E-state index contributed by atoms with van der Waals surface area (Å²) in [6.07, 6.45) is 1.55. The second kappa shape index (κ2) is 9.99. The van der Waals surface area contributed by atoms with Crippen LogP contribution in [0.15, 0.2) is 73.3 Å². The van der Waals surface area contributed by atoms with E-state index in [0.29, 0.717) is 34.7 Å². The Kier molecular flexibility index (Phi) is 6.68. The van der Waals surface area contributed by atoms with Crippen molar-refractivity contribution in [3.8, 4) is 22.7 Å². The Hall–Kier alpha value is -4.46. The number of nitrogens with one attached hydrogen (secondary N) is 1. The summed E-state index contributed by atoms with van der Waals surface area (Å²) in [4.78, 5) is 29.9. The third-order valence-corrected chi connectivity index (χ3v) is 5.20. The van der Waals surface area contributed by atoms with Crippen molar-refractivity contribution in [2.45, 2.75) is 6.92 Å². The number of aryl methyl sites for hydroxylation is 1. The van der Waals surface area contributed by atoms with Gasteiger partial charge in [0, 0.05) is 12.1 Å². The minimum atomic E-state index is -0.633. The van der Waals surface area contributed by atoms with E-state index in [1.54, 1.807) is 23.9 Å². The molecule has 0 radical (unpaired) electrons. The van der Waals surface area contributed by atoms with Crippen LogP contribution in [0.1, 0.15) is 16.1 Å². The Bertz CT molecular complexity index is 1340. The first kappa shape index (κ1) is 22.7. The molecule has 8 heteroatoms. The molecule has 0 aliphatic carbocycles. The van der Waals surface area contributed by atoms with Crippen LogP contribution in [-0.2, 0) is 9.53 Å². The van der Waals surface area contributed by atoms with Crippen molar-refractivity contribution in [1.29, 1.82) is 0 Å². The number of hydrogen-bond donors (Lipinski definition) is 1. The second-order valence-electron chi connectivity index (χ2n) is 7.48. The summed E-state index contributed by atoms with van der Waals surface area (Å²) >= 11 is 0. The third-order valence-electron chi connectivity index (χ3n) is 5.20. The molecule has 2 heterocycles. The lowest BCUT2D eigenvalue weighted by atomic mass is 10.1. The lowest BCUT2D eigenvalue weighted by Crippen LogP contribution is -2.28. The quantitative estimate of drug-likeness (QED) is 0.320. The van der Waals surface area contributed by atoms with E-state index in [4.69, 9.17) is 14.5 Å². The summed E-state index contributed by atoms with van der Waals surface area (Å²) in [5, 5.41) is 7.79. The van der Waals surface area contributed by atoms with Gasteiger partial charge in [0.15, 0.2) is 12.3 Å². The number of methoxy groups -OCH3 is 1. The molecule has 0 unspecified atom stereocenters. The number of para-hydroxylation sites is 1. The van der Waals surface area contributed by atoms with Crippen LogP contribution in [0.2, 0.25) is 0 Å². The molecule has 1 amide bonds. The van der Waals surface area contributed by atoms with Crippen LogP contribution in [0, 0.1) is 6.92 Å². The van der Waals surface area contributed by atoms with Crippen molar-refractivity contribution in [2.75, 3.05) is 20.3 Å². The fraction of sp³-hybridized carbons (Fsp3) is 0.154. The van der Waals surface area contributed by atoms with Crippen LogP contribution in [0.4, 0.5) is 0 Å². The van der Waals surface area contributed by atoms with Gasteiger partial charge in [-0.15, -0.1) is 6.58 Å². The number of nitrogens with zero attached hydrogens (tertiary/aromatic N) is 3. The molecule has 0 bridgehead atoms. The lowest BCUT2D eigenvalue weighted by Gasteiger charge is -2.10. The molecule has 0 aliphatic rings. The predicted molar refractivity (Wildman–Crippen MR) is 129 cm³/mol. The Balaban J connectivity index is 1.82. The van der Waals surface area contributed by atoms with Crippen LogP contribution in [0.3, 0.4) is 0 Å². The van der Waals surface area contributed by atoms with E-state index in [-0.39, 0.29) is 5.56 Å². The molecule has 0 spiro atoms. The third kappa shape index (κ3) is 4.66. The van der Waals surface area contributed by atoms with E-state index < -0.39 is 18.5 Å². The zero-order valence-electron chi connectivity index (χ0n) is 18.9. The first-order valence-electron chi connectivity index (χ1n) is 10.7. The van der Waals surface area contributed by atoms with Crippen LogP contribution < -0.4 is 10.1 Å². The van der Waals surface area contributed by atoms with Crippen LogP contribution in [-0.4, -0.2) is 46.9 Å². The van der Waals surface area contributed by atoms with Crippen LogP contribution in [0.5, 0.6) is 5.75 Å². The summed E-state index contributed by atoms with van der Waals surface area (Å²) in [5.74, 6) is -0.336.